The van der Waals surface area contributed by atoms with Gasteiger partial charge in [0.25, 0.3) is 5.91 Å². The van der Waals surface area contributed by atoms with E-state index in [0.29, 0.717) is 40.0 Å². The summed E-state index contributed by atoms with van der Waals surface area (Å²) in [7, 11) is 0. The molecule has 1 aliphatic rings. The molecule has 0 saturated heterocycles. The van der Waals surface area contributed by atoms with Crippen LogP contribution in [-0.4, -0.2) is 38.5 Å². The molecule has 0 radical (unpaired) electrons. The first-order valence-corrected chi connectivity index (χ1v) is 12.2. The third-order valence-corrected chi connectivity index (χ3v) is 7.16. The minimum Gasteiger partial charge on any atom is -0.348 e. The van der Waals surface area contributed by atoms with E-state index in [0.717, 1.165) is 28.9 Å². The number of H-pyrrole nitrogens is 2. The van der Waals surface area contributed by atoms with Crippen LogP contribution in [0.4, 0.5) is 14.5 Å². The van der Waals surface area contributed by atoms with Gasteiger partial charge < -0.3 is 15.2 Å². The summed E-state index contributed by atoms with van der Waals surface area (Å²) in [5, 5.41) is 10.7. The number of likely N-dealkylation sites (N-methyl/N-ethyl adjacent to an activating group) is 1. The zero-order chi connectivity index (χ0) is 26.8. The highest BCUT2D eigenvalue weighted by Gasteiger charge is 2.43. The maximum Gasteiger partial charge on any atom is 0.251 e. The highest BCUT2D eigenvalue weighted by atomic mass is 19.1. The molecule has 2 amide bonds. The van der Waals surface area contributed by atoms with Crippen LogP contribution in [0.15, 0.2) is 48.5 Å². The van der Waals surface area contributed by atoms with Crippen LogP contribution in [0, 0.1) is 11.6 Å². The molecular formula is C28H24F2N6O2. The van der Waals surface area contributed by atoms with Crippen molar-refractivity contribution >= 4 is 39.4 Å². The maximum absolute atomic E-state index is 13.9. The van der Waals surface area contributed by atoms with E-state index in [1.807, 2.05) is 32.9 Å². The third kappa shape index (κ3) is 3.63. The Bertz CT molecular complexity index is 1770. The van der Waals surface area contributed by atoms with Gasteiger partial charge in [0.15, 0.2) is 5.82 Å². The Morgan fingerprint density at radius 2 is 1.89 bits per heavy atom. The second-order valence-electron chi connectivity index (χ2n) is 9.90. The number of carbonyl (C=O) groups excluding carboxylic acids is 2. The van der Waals surface area contributed by atoms with Gasteiger partial charge in [-0.05, 0) is 62.7 Å². The fourth-order valence-electron chi connectivity index (χ4n) is 5.04. The van der Waals surface area contributed by atoms with E-state index in [2.05, 4.69) is 20.5 Å². The molecule has 0 unspecified atom stereocenters. The fourth-order valence-corrected chi connectivity index (χ4v) is 5.04. The summed E-state index contributed by atoms with van der Waals surface area (Å²) in [4.78, 5) is 35.5. The average Bonchev–Trinajstić information content (AvgIpc) is 3.55. The lowest BCUT2D eigenvalue weighted by Crippen LogP contribution is -2.35. The van der Waals surface area contributed by atoms with Crippen LogP contribution in [0.25, 0.3) is 33.5 Å². The number of hydrogen-bond donors (Lipinski definition) is 3. The zero-order valence-corrected chi connectivity index (χ0v) is 20.9. The van der Waals surface area contributed by atoms with E-state index < -0.39 is 23.0 Å². The quantitative estimate of drug-likeness (QED) is 0.308. The molecular weight excluding hydrogens is 490 g/mol. The standard InChI is InChI=1S/C28H24F2N6O2/c1-4-36-23-12-22-21(11-18(23)28(2,3)27(36)38)32-25(33-22)24-17-9-14(6-8-20(17)34-35-24)26(37)31-13-15-5-7-16(29)10-19(15)30/h5-12H,4,13H2,1-3H3,(H,31,37)(H,32,33)(H,34,35). The number of aromatic amines is 2. The molecule has 0 bridgehead atoms. The smallest absolute Gasteiger partial charge is 0.251 e. The lowest BCUT2D eigenvalue weighted by molar-refractivity contribution is -0.122. The third-order valence-electron chi connectivity index (χ3n) is 7.16. The number of fused-ring (bicyclic) bond motifs is 3. The number of hydrogen-bond acceptors (Lipinski definition) is 4. The van der Waals surface area contributed by atoms with Gasteiger partial charge in [-0.3, -0.25) is 14.7 Å². The minimum absolute atomic E-state index is 0.0640. The van der Waals surface area contributed by atoms with Crippen molar-refractivity contribution < 1.29 is 18.4 Å². The van der Waals surface area contributed by atoms with Crippen LogP contribution in [0.1, 0.15) is 42.3 Å². The van der Waals surface area contributed by atoms with Crippen LogP contribution < -0.4 is 10.2 Å². The molecule has 0 aliphatic carbocycles. The Balaban J connectivity index is 1.33. The van der Waals surface area contributed by atoms with Crippen LogP contribution in [0.2, 0.25) is 0 Å². The van der Waals surface area contributed by atoms with E-state index in [9.17, 15) is 18.4 Å². The summed E-state index contributed by atoms with van der Waals surface area (Å²) in [6, 6.07) is 12.2. The second-order valence-corrected chi connectivity index (χ2v) is 9.90. The Hall–Kier alpha value is -4.60. The van der Waals surface area contributed by atoms with Crippen molar-refractivity contribution in [2.24, 2.45) is 0 Å². The molecule has 3 heterocycles. The molecule has 1 aliphatic heterocycles. The van der Waals surface area contributed by atoms with Crippen LogP contribution in [0.3, 0.4) is 0 Å². The van der Waals surface area contributed by atoms with Crippen molar-refractivity contribution in [1.29, 1.82) is 0 Å². The van der Waals surface area contributed by atoms with E-state index in [4.69, 9.17) is 4.98 Å². The van der Waals surface area contributed by atoms with Crippen LogP contribution >= 0.6 is 0 Å². The number of rotatable bonds is 5. The number of amides is 2. The van der Waals surface area contributed by atoms with E-state index in [1.165, 1.54) is 6.07 Å². The number of aromatic nitrogens is 4. The minimum atomic E-state index is -0.719. The number of nitrogens with one attached hydrogen (secondary N) is 3. The lowest BCUT2D eigenvalue weighted by atomic mass is 9.86. The molecule has 6 rings (SSSR count). The van der Waals surface area contributed by atoms with Crippen LogP contribution in [0.5, 0.6) is 0 Å². The van der Waals surface area contributed by atoms with Gasteiger partial charge >= 0.3 is 0 Å². The van der Waals surface area contributed by atoms with Gasteiger partial charge in [0, 0.05) is 35.7 Å². The van der Waals surface area contributed by atoms with Gasteiger partial charge in [-0.15, -0.1) is 0 Å². The number of imidazole rings is 1. The maximum atomic E-state index is 13.9. The molecule has 38 heavy (non-hydrogen) atoms. The molecule has 5 aromatic rings. The van der Waals surface area contributed by atoms with Crippen molar-refractivity contribution in [3.63, 3.8) is 0 Å². The van der Waals surface area contributed by atoms with Gasteiger partial charge in [-0.25, -0.2) is 13.8 Å². The monoisotopic (exact) mass is 514 g/mol. The Morgan fingerprint density at radius 1 is 1.08 bits per heavy atom. The van der Waals surface area contributed by atoms with Crippen molar-refractivity contribution in [2.45, 2.75) is 32.7 Å². The molecule has 0 saturated carbocycles. The number of carbonyl (C=O) groups is 2. The van der Waals surface area contributed by atoms with Crippen molar-refractivity contribution in [3.05, 3.63) is 76.9 Å². The normalized spacial score (nSPS) is 14.4. The Labute approximate surface area is 216 Å². The van der Waals surface area contributed by atoms with Gasteiger partial charge in [-0.1, -0.05) is 6.07 Å². The van der Waals surface area contributed by atoms with E-state index in [-0.39, 0.29) is 18.0 Å². The molecule has 0 atom stereocenters. The number of nitrogens with zero attached hydrogens (tertiary/aromatic N) is 3. The first-order chi connectivity index (χ1) is 18.2. The summed E-state index contributed by atoms with van der Waals surface area (Å²) in [6.07, 6.45) is 0. The second kappa shape index (κ2) is 8.47. The van der Waals surface area contributed by atoms with Gasteiger partial charge in [0.05, 0.1) is 27.7 Å². The SMILES string of the molecule is CCN1C(=O)C(C)(C)c2cc3[nH]c(-c4n[nH]c5ccc(C(=O)NCc6ccc(F)cc6F)cc45)nc3cc21. The Morgan fingerprint density at radius 3 is 2.66 bits per heavy atom. The van der Waals surface area contributed by atoms with Gasteiger partial charge in [0.2, 0.25) is 5.91 Å². The van der Waals surface area contributed by atoms with Crippen molar-refractivity contribution in [2.75, 3.05) is 11.4 Å². The molecule has 10 heteroatoms. The predicted octanol–water partition coefficient (Wildman–Crippen LogP) is 4.96. The largest absolute Gasteiger partial charge is 0.348 e. The molecule has 3 aromatic carbocycles. The number of halogens is 2. The highest BCUT2D eigenvalue weighted by molar-refractivity contribution is 6.09. The molecule has 0 spiro atoms. The first kappa shape index (κ1) is 23.8. The summed E-state index contributed by atoms with van der Waals surface area (Å²) in [5.74, 6) is -1.22. The topological polar surface area (TPSA) is 107 Å². The summed E-state index contributed by atoms with van der Waals surface area (Å²) < 4.78 is 27.1. The van der Waals surface area contributed by atoms with E-state index >= 15 is 0 Å². The zero-order valence-electron chi connectivity index (χ0n) is 20.9. The summed E-state index contributed by atoms with van der Waals surface area (Å²) in [5.41, 5.74) is 4.45. The van der Waals surface area contributed by atoms with Crippen molar-refractivity contribution in [3.8, 4) is 11.5 Å². The predicted molar refractivity (Wildman–Crippen MR) is 140 cm³/mol. The summed E-state index contributed by atoms with van der Waals surface area (Å²) in [6.45, 7) is 6.28. The first-order valence-electron chi connectivity index (χ1n) is 12.2. The van der Waals surface area contributed by atoms with Crippen molar-refractivity contribution in [1.82, 2.24) is 25.5 Å². The molecule has 3 N–H and O–H groups in total. The molecule has 2 aromatic heterocycles. The lowest BCUT2D eigenvalue weighted by Gasteiger charge is -2.18. The average molecular weight is 515 g/mol. The van der Waals surface area contributed by atoms with Crippen LogP contribution in [-0.2, 0) is 16.8 Å². The van der Waals surface area contributed by atoms with E-state index in [1.54, 1.807) is 23.1 Å². The number of benzene rings is 3. The molecule has 0 fully saturated rings. The summed E-state index contributed by atoms with van der Waals surface area (Å²) >= 11 is 0. The van der Waals surface area contributed by atoms with Gasteiger partial charge in [0.1, 0.15) is 17.3 Å². The molecule has 8 nitrogen and oxygen atoms in total. The molecule has 192 valence electrons. The van der Waals surface area contributed by atoms with Gasteiger partial charge in [-0.2, -0.15) is 5.10 Å². The Kier molecular flexibility index (Phi) is 5.30. The number of anilines is 1. The highest BCUT2D eigenvalue weighted by Crippen LogP contribution is 2.43. The fraction of sp³-hybridized carbons (Fsp3) is 0.214.